The van der Waals surface area contributed by atoms with E-state index in [-0.39, 0.29) is 6.10 Å². The summed E-state index contributed by atoms with van der Waals surface area (Å²) in [5.41, 5.74) is 1.17. The number of rotatable bonds is 11. The van der Waals surface area contributed by atoms with Crippen LogP contribution < -0.4 is 10.6 Å². The minimum absolute atomic E-state index is 0.144. The summed E-state index contributed by atoms with van der Waals surface area (Å²) in [6.45, 7) is 8.33. The molecule has 0 heterocycles. The summed E-state index contributed by atoms with van der Waals surface area (Å²) in [6.07, 6.45) is 0.180. The highest BCUT2D eigenvalue weighted by Crippen LogP contribution is 2.52. The molecule has 4 heteroatoms. The van der Waals surface area contributed by atoms with Gasteiger partial charge in [-0.2, -0.15) is 0 Å². The molecule has 0 aliphatic rings. The topological polar surface area (TPSA) is 46.5 Å². The lowest BCUT2D eigenvalue weighted by molar-refractivity contribution is 0.0253. The number of benzene rings is 3. The number of hydrogen-bond donors (Lipinski definition) is 1. The van der Waals surface area contributed by atoms with Gasteiger partial charge in [0.15, 0.2) is 0 Å². The zero-order chi connectivity index (χ0) is 23.0. The molecule has 3 rings (SSSR count). The maximum absolute atomic E-state index is 14.9. The van der Waals surface area contributed by atoms with Crippen molar-refractivity contribution in [1.29, 1.82) is 0 Å². The molecule has 3 atom stereocenters. The van der Waals surface area contributed by atoms with Gasteiger partial charge in [0.2, 0.25) is 0 Å². The van der Waals surface area contributed by atoms with Crippen LogP contribution in [-0.4, -0.2) is 23.0 Å². The Labute approximate surface area is 192 Å². The lowest BCUT2D eigenvalue weighted by Crippen LogP contribution is -2.38. The molecule has 0 spiro atoms. The van der Waals surface area contributed by atoms with E-state index in [1.807, 2.05) is 91.0 Å². The van der Waals surface area contributed by atoms with Crippen LogP contribution in [-0.2, 0) is 15.9 Å². The fourth-order valence-corrected chi connectivity index (χ4v) is 7.52. The van der Waals surface area contributed by atoms with E-state index in [1.165, 1.54) is 0 Å². The van der Waals surface area contributed by atoms with Gasteiger partial charge in [-0.25, -0.2) is 0 Å². The zero-order valence-corrected chi connectivity index (χ0v) is 19.8. The average molecular weight is 449 g/mol. The summed E-state index contributed by atoms with van der Waals surface area (Å²) in [5.74, 6) is 0. The highest BCUT2D eigenvalue weighted by atomic mass is 31.2. The lowest BCUT2D eigenvalue weighted by Gasteiger charge is -2.34. The molecule has 0 radical (unpaired) electrons. The molecule has 0 amide bonds. The van der Waals surface area contributed by atoms with Crippen molar-refractivity contribution < 1.29 is 14.4 Å². The van der Waals surface area contributed by atoms with Crippen LogP contribution in [0.2, 0.25) is 0 Å². The van der Waals surface area contributed by atoms with Crippen LogP contribution in [0.4, 0.5) is 0 Å². The maximum atomic E-state index is 14.9. The van der Waals surface area contributed by atoms with E-state index in [1.54, 1.807) is 6.92 Å². The highest BCUT2D eigenvalue weighted by molar-refractivity contribution is 7.79. The molecule has 0 unspecified atom stereocenters. The largest absolute Gasteiger partial charge is 0.388 e. The molecule has 3 nitrogen and oxygen atoms in total. The molecule has 3 aromatic carbocycles. The first-order valence-corrected chi connectivity index (χ1v) is 12.9. The van der Waals surface area contributed by atoms with Crippen molar-refractivity contribution in [3.05, 3.63) is 109 Å². The van der Waals surface area contributed by atoms with Crippen molar-refractivity contribution in [2.24, 2.45) is 0 Å². The normalized spacial score (nSPS) is 14.5. The molecule has 0 saturated heterocycles. The Morgan fingerprint density at radius 1 is 0.906 bits per heavy atom. The Hall–Kier alpha value is -2.45. The van der Waals surface area contributed by atoms with Gasteiger partial charge in [-0.1, -0.05) is 110 Å². The van der Waals surface area contributed by atoms with Crippen molar-refractivity contribution in [1.82, 2.24) is 0 Å². The van der Waals surface area contributed by atoms with Gasteiger partial charge in [-0.3, -0.25) is 0 Å². The van der Waals surface area contributed by atoms with Crippen LogP contribution >= 0.6 is 7.14 Å². The zero-order valence-electron chi connectivity index (χ0n) is 18.9. The molecule has 0 saturated carbocycles. The summed E-state index contributed by atoms with van der Waals surface area (Å²) in [7, 11) is -3.20. The van der Waals surface area contributed by atoms with Crippen LogP contribution in [0.15, 0.2) is 103 Å². The second kappa shape index (κ2) is 11.4. The summed E-state index contributed by atoms with van der Waals surface area (Å²) < 4.78 is 21.2. The molecular weight excluding hydrogens is 415 g/mol. The van der Waals surface area contributed by atoms with Gasteiger partial charge in [0, 0.05) is 10.6 Å². The van der Waals surface area contributed by atoms with E-state index < -0.39 is 18.9 Å². The second-order valence-electron chi connectivity index (χ2n) is 8.25. The van der Waals surface area contributed by atoms with Crippen LogP contribution in [0.25, 0.3) is 0 Å². The lowest BCUT2D eigenvalue weighted by atomic mass is 10.0. The number of aliphatic hydroxyl groups excluding tert-OH is 1. The maximum Gasteiger partial charge on any atom is 0.149 e. The molecule has 0 aliphatic heterocycles. The minimum atomic E-state index is -3.20. The van der Waals surface area contributed by atoms with Crippen LogP contribution in [0, 0.1) is 0 Å². The Morgan fingerprint density at radius 2 is 1.38 bits per heavy atom. The molecule has 32 heavy (non-hydrogen) atoms. The Balaban J connectivity index is 1.99. The third kappa shape index (κ3) is 5.66. The first-order valence-electron chi connectivity index (χ1n) is 11.2. The summed E-state index contributed by atoms with van der Waals surface area (Å²) in [6, 6.07) is 29.1. The number of hydrogen-bond acceptors (Lipinski definition) is 3. The predicted octanol–water partition coefficient (Wildman–Crippen LogP) is 5.69. The molecule has 1 N–H and O–H groups in total. The van der Waals surface area contributed by atoms with Gasteiger partial charge in [0.05, 0.1) is 24.5 Å². The molecule has 168 valence electrons. The molecule has 0 aliphatic carbocycles. The summed E-state index contributed by atoms with van der Waals surface area (Å²) in [4.78, 5) is 0. The molecule has 0 aromatic heterocycles. The highest BCUT2D eigenvalue weighted by Gasteiger charge is 2.42. The van der Waals surface area contributed by atoms with Crippen LogP contribution in [0.5, 0.6) is 0 Å². The fraction of sp³-hybridized carbons (Fsp3) is 0.286. The first kappa shape index (κ1) is 24.2. The van der Waals surface area contributed by atoms with Gasteiger partial charge in [0.25, 0.3) is 0 Å². The van der Waals surface area contributed by atoms with E-state index in [2.05, 4.69) is 13.5 Å². The van der Waals surface area contributed by atoms with E-state index >= 15 is 0 Å². The standard InChI is InChI=1S/C28H33O3P/c1-4-24(31-21-23-14-8-5-9-15-23)20-27(28(29)22(2)3)32(30,25-16-10-6-11-17-25)26-18-12-7-13-19-26/h5-19,24,27-29H,2,4,20-21H2,1,3H3/t24-,27-,28+/m1/s1. The molecule has 0 fully saturated rings. The van der Waals surface area contributed by atoms with Crippen molar-refractivity contribution in [3.8, 4) is 0 Å². The van der Waals surface area contributed by atoms with Crippen LogP contribution in [0.3, 0.4) is 0 Å². The summed E-state index contributed by atoms with van der Waals surface area (Å²) >= 11 is 0. The van der Waals surface area contributed by atoms with Crippen molar-refractivity contribution in [2.75, 3.05) is 0 Å². The molecule has 3 aromatic rings. The summed E-state index contributed by atoms with van der Waals surface area (Å²) in [5, 5.41) is 12.7. The fourth-order valence-electron chi connectivity index (χ4n) is 4.05. The average Bonchev–Trinajstić information content (AvgIpc) is 2.85. The molecule has 0 bridgehead atoms. The Bertz CT molecular complexity index is 975. The SMILES string of the molecule is C=C(C)[C@H](O)[C@@H](C[C@@H](CC)OCc1ccccc1)P(=O)(c1ccccc1)c1ccccc1. The van der Waals surface area contributed by atoms with Crippen molar-refractivity contribution in [3.63, 3.8) is 0 Å². The first-order chi connectivity index (χ1) is 15.5. The number of aliphatic hydroxyl groups is 1. The Kier molecular flexibility index (Phi) is 8.64. The van der Waals surface area contributed by atoms with Crippen LogP contribution in [0.1, 0.15) is 32.3 Å². The van der Waals surface area contributed by atoms with Gasteiger partial charge in [-0.15, -0.1) is 0 Å². The van der Waals surface area contributed by atoms with Gasteiger partial charge in [0.1, 0.15) is 7.14 Å². The van der Waals surface area contributed by atoms with Gasteiger partial charge < -0.3 is 14.4 Å². The monoisotopic (exact) mass is 448 g/mol. The quantitative estimate of drug-likeness (QED) is 0.303. The van der Waals surface area contributed by atoms with E-state index in [0.717, 1.165) is 22.6 Å². The third-order valence-corrected chi connectivity index (χ3v) is 9.46. The third-order valence-electron chi connectivity index (χ3n) is 5.90. The van der Waals surface area contributed by atoms with Crippen molar-refractivity contribution >= 4 is 17.8 Å². The Morgan fingerprint density at radius 3 is 1.81 bits per heavy atom. The predicted molar refractivity (Wildman–Crippen MR) is 134 cm³/mol. The van der Waals surface area contributed by atoms with Crippen molar-refractivity contribution in [2.45, 2.75) is 51.2 Å². The molecular formula is C28H33O3P. The smallest absolute Gasteiger partial charge is 0.149 e. The van der Waals surface area contributed by atoms with E-state index in [0.29, 0.717) is 18.6 Å². The van der Waals surface area contributed by atoms with Gasteiger partial charge in [-0.05, 0) is 25.3 Å². The minimum Gasteiger partial charge on any atom is -0.388 e. The van der Waals surface area contributed by atoms with Gasteiger partial charge >= 0.3 is 0 Å². The number of ether oxygens (including phenoxy) is 1. The van der Waals surface area contributed by atoms with E-state index in [9.17, 15) is 9.67 Å². The van der Waals surface area contributed by atoms with E-state index in [4.69, 9.17) is 4.74 Å². The second-order valence-corrected chi connectivity index (χ2v) is 11.3.